The largest absolute Gasteiger partial charge is 0.497 e. The molecule has 2 aromatic rings. The highest BCUT2D eigenvalue weighted by atomic mass is 32.2. The third-order valence-corrected chi connectivity index (χ3v) is 8.00. The van der Waals surface area contributed by atoms with E-state index < -0.39 is 10.0 Å². The van der Waals surface area contributed by atoms with Gasteiger partial charge < -0.3 is 10.1 Å². The van der Waals surface area contributed by atoms with E-state index in [1.807, 2.05) is 23.3 Å². The lowest BCUT2D eigenvalue weighted by atomic mass is 10.2. The molecule has 1 aliphatic rings. The van der Waals surface area contributed by atoms with Crippen LogP contribution in [0.3, 0.4) is 0 Å². The van der Waals surface area contributed by atoms with E-state index in [1.54, 1.807) is 42.7 Å². The minimum Gasteiger partial charge on any atom is -0.497 e. The van der Waals surface area contributed by atoms with Crippen molar-refractivity contribution in [3.05, 3.63) is 46.7 Å². The van der Waals surface area contributed by atoms with Gasteiger partial charge in [-0.25, -0.2) is 8.42 Å². The van der Waals surface area contributed by atoms with Gasteiger partial charge in [-0.2, -0.15) is 4.31 Å². The second-order valence-corrected chi connectivity index (χ2v) is 9.88. The molecule has 1 aromatic carbocycles. The van der Waals surface area contributed by atoms with Crippen molar-refractivity contribution in [3.8, 4) is 5.75 Å². The quantitative estimate of drug-likeness (QED) is 0.681. The van der Waals surface area contributed by atoms with Crippen LogP contribution in [-0.4, -0.2) is 69.4 Å². The van der Waals surface area contributed by atoms with Crippen molar-refractivity contribution in [2.45, 2.75) is 24.3 Å². The lowest BCUT2D eigenvalue weighted by Crippen LogP contribution is -2.55. The van der Waals surface area contributed by atoms with Crippen LogP contribution in [0.5, 0.6) is 5.75 Å². The predicted octanol–water partition coefficient (Wildman–Crippen LogP) is 1.81. The predicted molar refractivity (Wildman–Crippen MR) is 114 cm³/mol. The molecule has 7 nitrogen and oxygen atoms in total. The van der Waals surface area contributed by atoms with Crippen molar-refractivity contribution in [1.29, 1.82) is 0 Å². The lowest BCUT2D eigenvalue weighted by Gasteiger charge is -2.36. The van der Waals surface area contributed by atoms with Crippen LogP contribution < -0.4 is 10.1 Å². The third kappa shape index (κ3) is 5.36. The Labute approximate surface area is 176 Å². The first-order valence-electron chi connectivity index (χ1n) is 9.60. The number of carbonyl (C=O) groups is 1. The molecule has 1 fully saturated rings. The van der Waals surface area contributed by atoms with Crippen LogP contribution in [0, 0.1) is 0 Å². The number of ether oxygens (including phenoxy) is 1. The maximum absolute atomic E-state index is 12.8. The van der Waals surface area contributed by atoms with Gasteiger partial charge in [-0.3, -0.25) is 9.69 Å². The van der Waals surface area contributed by atoms with Gasteiger partial charge in [-0.1, -0.05) is 6.07 Å². The normalized spacial score (nSPS) is 17.0. The van der Waals surface area contributed by atoms with E-state index in [2.05, 4.69) is 11.4 Å². The average molecular weight is 438 g/mol. The summed E-state index contributed by atoms with van der Waals surface area (Å²) in [6.07, 6.45) is 0.823. The molecule has 3 rings (SSSR count). The van der Waals surface area contributed by atoms with E-state index in [9.17, 15) is 13.2 Å². The van der Waals surface area contributed by atoms with Crippen LogP contribution in [0.1, 0.15) is 11.8 Å². The molecule has 0 aliphatic carbocycles. The minimum absolute atomic E-state index is 0.0204. The number of nitrogens with zero attached hydrogens (tertiary/aromatic N) is 2. The maximum atomic E-state index is 12.8. The van der Waals surface area contributed by atoms with Gasteiger partial charge in [0, 0.05) is 37.6 Å². The van der Waals surface area contributed by atoms with Crippen molar-refractivity contribution in [3.63, 3.8) is 0 Å². The summed E-state index contributed by atoms with van der Waals surface area (Å²) in [6, 6.07) is 10.2. The number of carbonyl (C=O) groups excluding carboxylic acids is 1. The first-order chi connectivity index (χ1) is 13.9. The zero-order chi connectivity index (χ0) is 20.9. The SMILES string of the molecule is COc1ccc(S(=O)(=O)N2CCN([C@H](C)C(=O)NCCc3cccs3)CC2)cc1. The molecular formula is C20H27N3O4S2. The smallest absolute Gasteiger partial charge is 0.243 e. The summed E-state index contributed by atoms with van der Waals surface area (Å²) >= 11 is 1.68. The molecule has 1 N–H and O–H groups in total. The highest BCUT2D eigenvalue weighted by molar-refractivity contribution is 7.89. The second-order valence-electron chi connectivity index (χ2n) is 6.91. The number of sulfonamides is 1. The summed E-state index contributed by atoms with van der Waals surface area (Å²) in [7, 11) is -2.00. The van der Waals surface area contributed by atoms with Gasteiger partial charge in [-0.05, 0) is 49.1 Å². The Morgan fingerprint density at radius 3 is 2.45 bits per heavy atom. The van der Waals surface area contributed by atoms with Crippen LogP contribution in [-0.2, 0) is 21.2 Å². The molecule has 158 valence electrons. The molecule has 1 saturated heterocycles. The summed E-state index contributed by atoms with van der Waals surface area (Å²) < 4.78 is 32.2. The molecule has 9 heteroatoms. The van der Waals surface area contributed by atoms with Crippen molar-refractivity contribution in [1.82, 2.24) is 14.5 Å². The molecule has 0 spiro atoms. The van der Waals surface area contributed by atoms with Gasteiger partial charge in [-0.15, -0.1) is 11.3 Å². The fourth-order valence-corrected chi connectivity index (χ4v) is 5.44. The van der Waals surface area contributed by atoms with Crippen molar-refractivity contribution >= 4 is 27.3 Å². The summed E-state index contributed by atoms with van der Waals surface area (Å²) in [5.41, 5.74) is 0. The van der Waals surface area contributed by atoms with E-state index in [0.717, 1.165) is 6.42 Å². The number of amides is 1. The zero-order valence-corrected chi connectivity index (χ0v) is 18.3. The monoisotopic (exact) mass is 437 g/mol. The maximum Gasteiger partial charge on any atom is 0.243 e. The number of piperazine rings is 1. The van der Waals surface area contributed by atoms with Crippen LogP contribution in [0.15, 0.2) is 46.7 Å². The van der Waals surface area contributed by atoms with E-state index >= 15 is 0 Å². The van der Waals surface area contributed by atoms with Crippen LogP contribution in [0.4, 0.5) is 0 Å². The van der Waals surface area contributed by atoms with Gasteiger partial charge >= 0.3 is 0 Å². The Hall–Kier alpha value is -1.94. The lowest BCUT2D eigenvalue weighted by molar-refractivity contribution is -0.126. The van der Waals surface area contributed by atoms with Gasteiger partial charge in [0.25, 0.3) is 0 Å². The number of nitrogens with one attached hydrogen (secondary N) is 1. The number of hydrogen-bond donors (Lipinski definition) is 1. The molecule has 0 bridgehead atoms. The summed E-state index contributed by atoms with van der Waals surface area (Å²) in [4.78, 5) is 16.0. The Kier molecular flexibility index (Phi) is 7.28. The van der Waals surface area contributed by atoms with E-state index in [4.69, 9.17) is 4.74 Å². The van der Waals surface area contributed by atoms with Crippen LogP contribution in [0.25, 0.3) is 0 Å². The fraction of sp³-hybridized carbons (Fsp3) is 0.450. The third-order valence-electron chi connectivity index (χ3n) is 5.15. The van der Waals surface area contributed by atoms with Gasteiger partial charge in [0.2, 0.25) is 15.9 Å². The first kappa shape index (κ1) is 21.8. The molecule has 1 atom stereocenters. The summed E-state index contributed by atoms with van der Waals surface area (Å²) in [6.45, 7) is 4.25. The molecule has 0 saturated carbocycles. The average Bonchev–Trinajstić information content (AvgIpc) is 3.26. The van der Waals surface area contributed by atoms with E-state index in [-0.39, 0.29) is 16.8 Å². The summed E-state index contributed by atoms with van der Waals surface area (Å²) in [5.74, 6) is 0.598. The Morgan fingerprint density at radius 1 is 1.17 bits per heavy atom. The van der Waals surface area contributed by atoms with Gasteiger partial charge in [0.15, 0.2) is 0 Å². The Balaban J connectivity index is 1.50. The van der Waals surface area contributed by atoms with Gasteiger partial charge in [0.1, 0.15) is 5.75 Å². The standard InChI is InChI=1S/C20H27N3O4S2/c1-16(20(24)21-10-9-18-4-3-15-28-18)22-11-13-23(14-12-22)29(25,26)19-7-5-17(27-2)6-8-19/h3-8,15-16H,9-14H2,1-2H3,(H,21,24)/t16-/m1/s1. The number of hydrogen-bond acceptors (Lipinski definition) is 6. The van der Waals surface area contributed by atoms with Crippen molar-refractivity contribution in [2.75, 3.05) is 39.8 Å². The Morgan fingerprint density at radius 2 is 1.86 bits per heavy atom. The fourth-order valence-electron chi connectivity index (χ4n) is 3.31. The molecule has 0 radical (unpaired) electrons. The number of rotatable bonds is 8. The second kappa shape index (κ2) is 9.71. The summed E-state index contributed by atoms with van der Waals surface area (Å²) in [5, 5.41) is 5.01. The topological polar surface area (TPSA) is 79.0 Å². The number of thiophene rings is 1. The Bertz CT molecular complexity index is 890. The highest BCUT2D eigenvalue weighted by Gasteiger charge is 2.31. The van der Waals surface area contributed by atoms with Crippen LogP contribution >= 0.6 is 11.3 Å². The molecular weight excluding hydrogens is 410 g/mol. The molecule has 2 heterocycles. The highest BCUT2D eigenvalue weighted by Crippen LogP contribution is 2.21. The minimum atomic E-state index is -3.54. The van der Waals surface area contributed by atoms with Crippen molar-refractivity contribution in [2.24, 2.45) is 0 Å². The van der Waals surface area contributed by atoms with E-state index in [1.165, 1.54) is 9.18 Å². The molecule has 1 amide bonds. The van der Waals surface area contributed by atoms with E-state index in [0.29, 0.717) is 38.5 Å². The molecule has 0 unspecified atom stereocenters. The van der Waals surface area contributed by atoms with Gasteiger partial charge in [0.05, 0.1) is 18.0 Å². The molecule has 29 heavy (non-hydrogen) atoms. The first-order valence-corrected chi connectivity index (χ1v) is 11.9. The zero-order valence-electron chi connectivity index (χ0n) is 16.7. The number of methoxy groups -OCH3 is 1. The molecule has 1 aromatic heterocycles. The molecule has 1 aliphatic heterocycles. The number of benzene rings is 1. The van der Waals surface area contributed by atoms with Crippen molar-refractivity contribution < 1.29 is 17.9 Å². The van der Waals surface area contributed by atoms with Crippen LogP contribution in [0.2, 0.25) is 0 Å².